The Labute approximate surface area is 136 Å². The maximum Gasteiger partial charge on any atom is 0.0645 e. The number of rotatable bonds is 4. The summed E-state index contributed by atoms with van der Waals surface area (Å²) in [6.45, 7) is 0.699. The van der Waals surface area contributed by atoms with E-state index in [-0.39, 0.29) is 0 Å². The Morgan fingerprint density at radius 2 is 1.95 bits per heavy atom. The van der Waals surface area contributed by atoms with Gasteiger partial charge in [0.2, 0.25) is 0 Å². The number of benzene rings is 2. The minimum atomic E-state index is 0.694. The fraction of sp³-hybridized carbons (Fsp3) is 0.0625. The Kier molecular flexibility index (Phi) is 4.27. The van der Waals surface area contributed by atoms with Crippen LogP contribution in [0.3, 0.4) is 0 Å². The summed E-state index contributed by atoms with van der Waals surface area (Å²) in [6, 6.07) is 15.9. The minimum absolute atomic E-state index is 0.694. The number of nitrogens with zero attached hydrogens (tertiary/aromatic N) is 2. The number of anilines is 1. The highest BCUT2D eigenvalue weighted by molar-refractivity contribution is 9.10. The lowest BCUT2D eigenvalue weighted by Gasteiger charge is -2.06. The summed E-state index contributed by atoms with van der Waals surface area (Å²) < 4.78 is 2.76. The highest BCUT2D eigenvalue weighted by Gasteiger charge is 2.02. The Morgan fingerprint density at radius 3 is 2.71 bits per heavy atom. The fourth-order valence-corrected chi connectivity index (χ4v) is 2.41. The van der Waals surface area contributed by atoms with Crippen LogP contribution >= 0.6 is 27.5 Å². The Hall–Kier alpha value is -1.78. The summed E-state index contributed by atoms with van der Waals surface area (Å²) in [5, 5.41) is 8.40. The lowest BCUT2D eigenvalue weighted by atomic mass is 10.3. The monoisotopic (exact) mass is 361 g/mol. The van der Waals surface area contributed by atoms with Gasteiger partial charge in [-0.3, -0.25) is 0 Å². The largest absolute Gasteiger partial charge is 0.381 e. The van der Waals surface area contributed by atoms with Crippen LogP contribution in [0.15, 0.2) is 65.4 Å². The van der Waals surface area contributed by atoms with Crippen LogP contribution in [0.5, 0.6) is 0 Å². The van der Waals surface area contributed by atoms with Crippen molar-refractivity contribution < 1.29 is 0 Å². The van der Waals surface area contributed by atoms with Gasteiger partial charge in [-0.25, -0.2) is 4.68 Å². The van der Waals surface area contributed by atoms with Gasteiger partial charge in [0.25, 0.3) is 0 Å². The summed E-state index contributed by atoms with van der Waals surface area (Å²) in [5.74, 6) is 0. The first-order valence-electron chi connectivity index (χ1n) is 6.50. The second kappa shape index (κ2) is 6.33. The third-order valence-electron chi connectivity index (χ3n) is 3.07. The van der Waals surface area contributed by atoms with Gasteiger partial charge in [0.1, 0.15) is 0 Å². The fourth-order valence-electron chi connectivity index (χ4n) is 1.98. The van der Waals surface area contributed by atoms with E-state index >= 15 is 0 Å². The van der Waals surface area contributed by atoms with Crippen molar-refractivity contribution in [3.8, 4) is 5.69 Å². The Bertz CT molecular complexity index is 740. The second-order valence-electron chi connectivity index (χ2n) is 4.61. The minimum Gasteiger partial charge on any atom is -0.381 e. The molecule has 2 aromatic carbocycles. The first-order valence-corrected chi connectivity index (χ1v) is 7.67. The molecule has 0 amide bonds. The molecule has 0 aliphatic rings. The topological polar surface area (TPSA) is 29.9 Å². The number of nitrogens with one attached hydrogen (secondary N) is 1. The molecule has 0 radical (unpaired) electrons. The van der Waals surface area contributed by atoms with Crippen LogP contribution in [-0.4, -0.2) is 9.78 Å². The zero-order valence-electron chi connectivity index (χ0n) is 11.1. The molecule has 0 aliphatic carbocycles. The van der Waals surface area contributed by atoms with Crippen molar-refractivity contribution in [1.82, 2.24) is 9.78 Å². The van der Waals surface area contributed by atoms with Crippen molar-refractivity contribution >= 4 is 33.2 Å². The standard InChI is InChI=1S/C16H13BrClN3/c17-15-7-6-13(8-16(15)18)19-9-12-10-20-21(11-12)14-4-2-1-3-5-14/h1-8,10-11,19H,9H2. The van der Waals surface area contributed by atoms with Crippen molar-refractivity contribution in [1.29, 1.82) is 0 Å². The van der Waals surface area contributed by atoms with E-state index in [1.54, 1.807) is 0 Å². The van der Waals surface area contributed by atoms with Gasteiger partial charge in [-0.05, 0) is 46.3 Å². The average Bonchev–Trinajstić information content (AvgIpc) is 2.98. The van der Waals surface area contributed by atoms with E-state index in [0.29, 0.717) is 11.6 Å². The van der Waals surface area contributed by atoms with Gasteiger partial charge in [0.05, 0.1) is 16.9 Å². The Balaban J connectivity index is 1.69. The van der Waals surface area contributed by atoms with E-state index in [0.717, 1.165) is 21.4 Å². The van der Waals surface area contributed by atoms with Crippen molar-refractivity contribution in [3.63, 3.8) is 0 Å². The van der Waals surface area contributed by atoms with Gasteiger partial charge in [0, 0.05) is 28.5 Å². The number of para-hydroxylation sites is 1. The third-order valence-corrected chi connectivity index (χ3v) is 4.31. The first kappa shape index (κ1) is 14.2. The maximum absolute atomic E-state index is 6.08. The van der Waals surface area contributed by atoms with Crippen LogP contribution in [-0.2, 0) is 6.54 Å². The molecule has 1 heterocycles. The smallest absolute Gasteiger partial charge is 0.0645 e. The second-order valence-corrected chi connectivity index (χ2v) is 5.87. The number of aromatic nitrogens is 2. The van der Waals surface area contributed by atoms with E-state index in [9.17, 15) is 0 Å². The summed E-state index contributed by atoms with van der Waals surface area (Å²) >= 11 is 9.46. The molecule has 3 rings (SSSR count). The summed E-state index contributed by atoms with van der Waals surface area (Å²) in [5.41, 5.74) is 3.14. The lowest BCUT2D eigenvalue weighted by molar-refractivity contribution is 0.880. The van der Waals surface area contributed by atoms with Crippen molar-refractivity contribution in [2.24, 2.45) is 0 Å². The van der Waals surface area contributed by atoms with Gasteiger partial charge in [0.15, 0.2) is 0 Å². The summed E-state index contributed by atoms with van der Waals surface area (Å²) in [6.07, 6.45) is 3.88. The van der Waals surface area contributed by atoms with Crippen LogP contribution in [0.25, 0.3) is 5.69 Å². The molecule has 3 aromatic rings. The van der Waals surface area contributed by atoms with E-state index < -0.39 is 0 Å². The molecule has 1 aromatic heterocycles. The number of halogens is 2. The molecule has 0 aliphatic heterocycles. The molecule has 21 heavy (non-hydrogen) atoms. The summed E-state index contributed by atoms with van der Waals surface area (Å²) in [4.78, 5) is 0. The van der Waals surface area contributed by atoms with Crippen LogP contribution < -0.4 is 5.32 Å². The zero-order chi connectivity index (χ0) is 14.7. The van der Waals surface area contributed by atoms with Gasteiger partial charge >= 0.3 is 0 Å². The van der Waals surface area contributed by atoms with Crippen LogP contribution in [0.4, 0.5) is 5.69 Å². The predicted octanol–water partition coefficient (Wildman–Crippen LogP) is 4.90. The van der Waals surface area contributed by atoms with E-state index in [4.69, 9.17) is 11.6 Å². The molecular formula is C16H13BrClN3. The van der Waals surface area contributed by atoms with E-state index in [2.05, 4.69) is 26.3 Å². The molecule has 0 saturated carbocycles. The molecule has 0 saturated heterocycles. The van der Waals surface area contributed by atoms with Crippen LogP contribution in [0.2, 0.25) is 5.02 Å². The van der Waals surface area contributed by atoms with Crippen molar-refractivity contribution in [2.45, 2.75) is 6.54 Å². The first-order chi connectivity index (χ1) is 10.2. The molecule has 0 spiro atoms. The van der Waals surface area contributed by atoms with Crippen molar-refractivity contribution in [3.05, 3.63) is 76.0 Å². The SMILES string of the molecule is Clc1cc(NCc2cnn(-c3ccccc3)c2)ccc1Br. The number of hydrogen-bond acceptors (Lipinski definition) is 2. The Morgan fingerprint density at radius 1 is 1.14 bits per heavy atom. The molecule has 0 atom stereocenters. The molecule has 3 nitrogen and oxygen atoms in total. The lowest BCUT2D eigenvalue weighted by Crippen LogP contribution is -1.98. The van der Waals surface area contributed by atoms with Crippen LogP contribution in [0, 0.1) is 0 Å². The quantitative estimate of drug-likeness (QED) is 0.715. The molecular weight excluding hydrogens is 350 g/mol. The molecule has 1 N–H and O–H groups in total. The van der Waals surface area contributed by atoms with E-state index in [1.165, 1.54) is 0 Å². The molecule has 5 heteroatoms. The molecule has 106 valence electrons. The number of hydrogen-bond donors (Lipinski definition) is 1. The van der Waals surface area contributed by atoms with Gasteiger partial charge in [-0.15, -0.1) is 0 Å². The zero-order valence-corrected chi connectivity index (χ0v) is 13.5. The third kappa shape index (κ3) is 3.46. The normalized spacial score (nSPS) is 10.6. The maximum atomic E-state index is 6.08. The summed E-state index contributed by atoms with van der Waals surface area (Å²) in [7, 11) is 0. The van der Waals surface area contributed by atoms with Gasteiger partial charge in [-0.2, -0.15) is 5.10 Å². The van der Waals surface area contributed by atoms with Crippen molar-refractivity contribution in [2.75, 3.05) is 5.32 Å². The molecule has 0 bridgehead atoms. The van der Waals surface area contributed by atoms with Crippen LogP contribution in [0.1, 0.15) is 5.56 Å². The predicted molar refractivity (Wildman–Crippen MR) is 90.0 cm³/mol. The molecule has 0 fully saturated rings. The average molecular weight is 363 g/mol. The highest BCUT2D eigenvalue weighted by Crippen LogP contribution is 2.25. The van der Waals surface area contributed by atoms with Gasteiger partial charge in [-0.1, -0.05) is 29.8 Å². The molecule has 0 unspecified atom stereocenters. The highest BCUT2D eigenvalue weighted by atomic mass is 79.9. The van der Waals surface area contributed by atoms with E-state index in [1.807, 2.05) is 65.6 Å². The van der Waals surface area contributed by atoms with Gasteiger partial charge < -0.3 is 5.32 Å².